The summed E-state index contributed by atoms with van der Waals surface area (Å²) in [5.41, 5.74) is 6.31. The summed E-state index contributed by atoms with van der Waals surface area (Å²) >= 11 is 0. The molecule has 0 aliphatic rings. The summed E-state index contributed by atoms with van der Waals surface area (Å²) in [5.74, 6) is 0.710. The molecule has 0 atom stereocenters. The first kappa shape index (κ1) is 8.65. The van der Waals surface area contributed by atoms with Crippen LogP contribution in [0.15, 0.2) is 36.6 Å². The highest BCUT2D eigenvalue weighted by atomic mass is 16.5. The molecular weight excluding hydrogens is 150 g/mol. The first-order valence-electron chi connectivity index (χ1n) is 4.00. The van der Waals surface area contributed by atoms with Gasteiger partial charge in [-0.3, -0.25) is 0 Å². The van der Waals surface area contributed by atoms with Gasteiger partial charge >= 0.3 is 0 Å². The Hall–Kier alpha value is -1.44. The number of nitrogen functional groups attached to an aromatic ring is 1. The highest BCUT2D eigenvalue weighted by Crippen LogP contribution is 2.19. The largest absolute Gasteiger partial charge is 0.463 e. The molecule has 0 unspecified atom stereocenters. The molecule has 0 aromatic heterocycles. The standard InChI is InChI=1S/C10H13NO/c1-2-3-8-12-10-7-5-4-6-9(10)11/h3-8H,2,11H2,1H3/b8-3+. The van der Waals surface area contributed by atoms with E-state index in [1.165, 1.54) is 0 Å². The molecule has 0 aliphatic carbocycles. The predicted octanol–water partition coefficient (Wildman–Crippen LogP) is 2.57. The maximum absolute atomic E-state index is 5.64. The van der Waals surface area contributed by atoms with Gasteiger partial charge in [-0.2, -0.15) is 0 Å². The fraction of sp³-hybridized carbons (Fsp3) is 0.200. The van der Waals surface area contributed by atoms with E-state index in [0.29, 0.717) is 11.4 Å². The highest BCUT2D eigenvalue weighted by Gasteiger charge is 1.93. The zero-order valence-corrected chi connectivity index (χ0v) is 7.16. The Morgan fingerprint density at radius 2 is 2.17 bits per heavy atom. The van der Waals surface area contributed by atoms with Crippen LogP contribution in [-0.4, -0.2) is 0 Å². The number of para-hydroxylation sites is 2. The van der Waals surface area contributed by atoms with Crippen LogP contribution in [0.1, 0.15) is 13.3 Å². The number of anilines is 1. The van der Waals surface area contributed by atoms with E-state index in [1.807, 2.05) is 37.3 Å². The normalized spacial score (nSPS) is 10.4. The zero-order chi connectivity index (χ0) is 8.81. The molecule has 0 saturated heterocycles. The second-order valence-corrected chi connectivity index (χ2v) is 2.44. The van der Waals surface area contributed by atoms with Gasteiger partial charge in [0.15, 0.2) is 0 Å². The van der Waals surface area contributed by atoms with E-state index in [-0.39, 0.29) is 0 Å². The molecule has 0 saturated carbocycles. The average Bonchev–Trinajstić information content (AvgIpc) is 2.09. The maximum atomic E-state index is 5.64. The van der Waals surface area contributed by atoms with E-state index in [9.17, 15) is 0 Å². The molecule has 2 nitrogen and oxygen atoms in total. The lowest BCUT2D eigenvalue weighted by atomic mass is 10.3. The summed E-state index contributed by atoms with van der Waals surface area (Å²) in [7, 11) is 0. The van der Waals surface area contributed by atoms with Crippen LogP contribution in [0.4, 0.5) is 5.69 Å². The Kier molecular flexibility index (Phi) is 3.20. The number of benzene rings is 1. The third kappa shape index (κ3) is 2.31. The molecule has 0 amide bonds. The first-order chi connectivity index (χ1) is 5.84. The van der Waals surface area contributed by atoms with Crippen LogP contribution >= 0.6 is 0 Å². The molecular formula is C10H13NO. The van der Waals surface area contributed by atoms with Crippen LogP contribution in [0.25, 0.3) is 0 Å². The number of allylic oxidation sites excluding steroid dienone is 1. The number of hydrogen-bond acceptors (Lipinski definition) is 2. The van der Waals surface area contributed by atoms with Crippen molar-refractivity contribution in [1.82, 2.24) is 0 Å². The Labute approximate surface area is 72.7 Å². The molecule has 1 aromatic carbocycles. The van der Waals surface area contributed by atoms with Crippen LogP contribution in [0.5, 0.6) is 5.75 Å². The van der Waals surface area contributed by atoms with Crippen molar-refractivity contribution in [3.63, 3.8) is 0 Å². The van der Waals surface area contributed by atoms with Gasteiger partial charge in [0.1, 0.15) is 5.75 Å². The third-order valence-corrected chi connectivity index (χ3v) is 1.45. The minimum atomic E-state index is 0.665. The molecule has 0 heterocycles. The first-order valence-corrected chi connectivity index (χ1v) is 4.00. The molecule has 64 valence electrons. The van der Waals surface area contributed by atoms with Crippen molar-refractivity contribution in [2.24, 2.45) is 0 Å². The Balaban J connectivity index is 2.63. The quantitative estimate of drug-likeness (QED) is 0.549. The number of rotatable bonds is 3. The Morgan fingerprint density at radius 3 is 2.83 bits per heavy atom. The molecule has 0 fully saturated rings. The van der Waals surface area contributed by atoms with Gasteiger partial charge in [0.25, 0.3) is 0 Å². The molecule has 1 aromatic rings. The van der Waals surface area contributed by atoms with E-state index >= 15 is 0 Å². The summed E-state index contributed by atoms with van der Waals surface area (Å²) in [6.07, 6.45) is 4.56. The van der Waals surface area contributed by atoms with Gasteiger partial charge in [-0.1, -0.05) is 19.1 Å². The topological polar surface area (TPSA) is 35.2 Å². The fourth-order valence-corrected chi connectivity index (χ4v) is 0.806. The van der Waals surface area contributed by atoms with Crippen LogP contribution in [0.2, 0.25) is 0 Å². The molecule has 2 N–H and O–H groups in total. The van der Waals surface area contributed by atoms with Gasteiger partial charge in [-0.05, 0) is 24.6 Å². The van der Waals surface area contributed by atoms with Gasteiger partial charge in [0.2, 0.25) is 0 Å². The van der Waals surface area contributed by atoms with E-state index in [1.54, 1.807) is 6.26 Å². The van der Waals surface area contributed by atoms with Crippen LogP contribution in [0, 0.1) is 0 Å². The second kappa shape index (κ2) is 4.44. The number of hydrogen-bond donors (Lipinski definition) is 1. The van der Waals surface area contributed by atoms with E-state index in [2.05, 4.69) is 0 Å². The van der Waals surface area contributed by atoms with Crippen molar-refractivity contribution in [1.29, 1.82) is 0 Å². The molecule has 0 bridgehead atoms. The lowest BCUT2D eigenvalue weighted by molar-refractivity contribution is 0.481. The smallest absolute Gasteiger partial charge is 0.149 e. The van der Waals surface area contributed by atoms with Crippen molar-refractivity contribution in [3.05, 3.63) is 36.6 Å². The van der Waals surface area contributed by atoms with E-state index in [0.717, 1.165) is 6.42 Å². The van der Waals surface area contributed by atoms with Crippen molar-refractivity contribution < 1.29 is 4.74 Å². The molecule has 0 aliphatic heterocycles. The second-order valence-electron chi connectivity index (χ2n) is 2.44. The fourth-order valence-electron chi connectivity index (χ4n) is 0.806. The van der Waals surface area contributed by atoms with Gasteiger partial charge in [-0.15, -0.1) is 0 Å². The maximum Gasteiger partial charge on any atom is 0.149 e. The molecule has 0 spiro atoms. The van der Waals surface area contributed by atoms with Crippen molar-refractivity contribution in [2.45, 2.75) is 13.3 Å². The predicted molar refractivity (Wildman–Crippen MR) is 50.9 cm³/mol. The monoisotopic (exact) mass is 163 g/mol. The summed E-state index contributed by atoms with van der Waals surface area (Å²) in [6, 6.07) is 7.43. The summed E-state index contributed by atoms with van der Waals surface area (Å²) < 4.78 is 5.27. The minimum Gasteiger partial charge on any atom is -0.463 e. The van der Waals surface area contributed by atoms with E-state index < -0.39 is 0 Å². The number of ether oxygens (including phenoxy) is 1. The zero-order valence-electron chi connectivity index (χ0n) is 7.16. The van der Waals surface area contributed by atoms with Crippen molar-refractivity contribution in [3.8, 4) is 5.75 Å². The van der Waals surface area contributed by atoms with Gasteiger partial charge in [0, 0.05) is 0 Å². The van der Waals surface area contributed by atoms with E-state index in [4.69, 9.17) is 10.5 Å². The average molecular weight is 163 g/mol. The minimum absolute atomic E-state index is 0.665. The third-order valence-electron chi connectivity index (χ3n) is 1.45. The lowest BCUT2D eigenvalue weighted by Gasteiger charge is -2.02. The van der Waals surface area contributed by atoms with Crippen LogP contribution < -0.4 is 10.5 Å². The van der Waals surface area contributed by atoms with Gasteiger partial charge in [-0.25, -0.2) is 0 Å². The number of nitrogens with two attached hydrogens (primary N) is 1. The summed E-state index contributed by atoms with van der Waals surface area (Å²) in [4.78, 5) is 0. The highest BCUT2D eigenvalue weighted by molar-refractivity contribution is 5.52. The summed E-state index contributed by atoms with van der Waals surface area (Å²) in [5, 5.41) is 0. The van der Waals surface area contributed by atoms with Gasteiger partial charge < -0.3 is 10.5 Å². The lowest BCUT2D eigenvalue weighted by Crippen LogP contribution is -1.89. The molecule has 12 heavy (non-hydrogen) atoms. The molecule has 0 radical (unpaired) electrons. The van der Waals surface area contributed by atoms with Crippen LogP contribution in [0.3, 0.4) is 0 Å². The molecule has 2 heteroatoms. The van der Waals surface area contributed by atoms with Gasteiger partial charge in [0.05, 0.1) is 11.9 Å². The van der Waals surface area contributed by atoms with Crippen LogP contribution in [-0.2, 0) is 0 Å². The van der Waals surface area contributed by atoms with Crippen molar-refractivity contribution in [2.75, 3.05) is 5.73 Å². The Morgan fingerprint density at radius 1 is 1.42 bits per heavy atom. The summed E-state index contributed by atoms with van der Waals surface area (Å²) in [6.45, 7) is 2.05. The van der Waals surface area contributed by atoms with Crippen molar-refractivity contribution >= 4 is 5.69 Å². The Bertz CT molecular complexity index is 268. The SMILES string of the molecule is CC/C=C/Oc1ccccc1N. The molecule has 1 rings (SSSR count).